The van der Waals surface area contributed by atoms with Gasteiger partial charge in [0, 0.05) is 6.20 Å². The van der Waals surface area contributed by atoms with Crippen LogP contribution >= 0.6 is 0 Å². The monoisotopic (exact) mass is 228 g/mol. The summed E-state index contributed by atoms with van der Waals surface area (Å²) in [6.07, 6.45) is 1.74. The fourth-order valence-electron chi connectivity index (χ4n) is 1.47. The van der Waals surface area contributed by atoms with E-state index >= 15 is 0 Å². The summed E-state index contributed by atoms with van der Waals surface area (Å²) in [5.74, 6) is 0.386. The summed E-state index contributed by atoms with van der Waals surface area (Å²) < 4.78 is 5.56. The Morgan fingerprint density at radius 3 is 2.59 bits per heavy atom. The summed E-state index contributed by atoms with van der Waals surface area (Å²) in [5.41, 5.74) is 2.12. The van der Waals surface area contributed by atoms with Gasteiger partial charge in [-0.2, -0.15) is 4.98 Å². The second-order valence-corrected chi connectivity index (χ2v) is 4.19. The van der Waals surface area contributed by atoms with Gasteiger partial charge in [-0.15, -0.1) is 0 Å². The van der Waals surface area contributed by atoms with Crippen LogP contribution in [-0.4, -0.2) is 9.97 Å². The van der Waals surface area contributed by atoms with Crippen LogP contribution in [0, 0.1) is 0 Å². The molecule has 88 valence electrons. The van der Waals surface area contributed by atoms with Crippen molar-refractivity contribution in [3.63, 3.8) is 0 Å². The summed E-state index contributed by atoms with van der Waals surface area (Å²) in [4.78, 5) is 8.46. The lowest BCUT2D eigenvalue weighted by atomic mass is 10.1. The van der Waals surface area contributed by atoms with Crippen molar-refractivity contribution in [1.29, 1.82) is 0 Å². The topological polar surface area (TPSA) is 35.0 Å². The molecule has 1 aromatic heterocycles. The highest BCUT2D eigenvalue weighted by Crippen LogP contribution is 2.13. The minimum absolute atomic E-state index is 0.386. The Morgan fingerprint density at radius 1 is 1.12 bits per heavy atom. The number of ether oxygens (including phenoxy) is 1. The number of benzene rings is 1. The summed E-state index contributed by atoms with van der Waals surface area (Å²) in [6.45, 7) is 4.70. The minimum atomic E-state index is 0.386. The van der Waals surface area contributed by atoms with Gasteiger partial charge in [0.2, 0.25) is 0 Å². The molecule has 1 aromatic carbocycles. The standard InChI is InChI=1S/C14H16N2O/c1-11(2)13-8-9-15-14(16-13)17-10-12-6-4-3-5-7-12/h3-9,11H,10H2,1-2H3. The lowest BCUT2D eigenvalue weighted by molar-refractivity contribution is 0.279. The predicted octanol–water partition coefficient (Wildman–Crippen LogP) is 3.18. The molecule has 3 nitrogen and oxygen atoms in total. The van der Waals surface area contributed by atoms with E-state index < -0.39 is 0 Å². The first kappa shape index (κ1) is 11.6. The summed E-state index contributed by atoms with van der Waals surface area (Å²) in [7, 11) is 0. The Bertz CT molecular complexity index is 469. The molecule has 0 N–H and O–H groups in total. The Labute approximate surface area is 102 Å². The van der Waals surface area contributed by atoms with Crippen LogP contribution in [0.4, 0.5) is 0 Å². The van der Waals surface area contributed by atoms with E-state index in [2.05, 4.69) is 23.8 Å². The molecule has 0 amide bonds. The fourth-order valence-corrected chi connectivity index (χ4v) is 1.47. The molecular weight excluding hydrogens is 212 g/mol. The van der Waals surface area contributed by atoms with Crippen LogP contribution in [0.5, 0.6) is 6.01 Å². The van der Waals surface area contributed by atoms with Gasteiger partial charge in [-0.05, 0) is 17.5 Å². The lowest BCUT2D eigenvalue weighted by Crippen LogP contribution is -2.01. The average molecular weight is 228 g/mol. The molecule has 2 rings (SSSR count). The molecule has 0 saturated carbocycles. The van der Waals surface area contributed by atoms with Gasteiger partial charge >= 0.3 is 6.01 Å². The Balaban J connectivity index is 2.02. The highest BCUT2D eigenvalue weighted by atomic mass is 16.5. The highest BCUT2D eigenvalue weighted by molar-refractivity contribution is 5.15. The van der Waals surface area contributed by atoms with E-state index in [9.17, 15) is 0 Å². The van der Waals surface area contributed by atoms with Gasteiger partial charge in [0.15, 0.2) is 0 Å². The first-order valence-electron chi connectivity index (χ1n) is 5.75. The Morgan fingerprint density at radius 2 is 1.88 bits per heavy atom. The zero-order valence-corrected chi connectivity index (χ0v) is 10.1. The van der Waals surface area contributed by atoms with Gasteiger partial charge < -0.3 is 4.74 Å². The molecule has 0 atom stereocenters. The lowest BCUT2D eigenvalue weighted by Gasteiger charge is -2.07. The predicted molar refractivity (Wildman–Crippen MR) is 66.9 cm³/mol. The zero-order chi connectivity index (χ0) is 12.1. The van der Waals surface area contributed by atoms with E-state index in [0.29, 0.717) is 18.5 Å². The molecule has 0 bridgehead atoms. The van der Waals surface area contributed by atoms with Crippen molar-refractivity contribution in [3.8, 4) is 6.01 Å². The largest absolute Gasteiger partial charge is 0.459 e. The van der Waals surface area contributed by atoms with Crippen molar-refractivity contribution in [2.45, 2.75) is 26.4 Å². The maximum Gasteiger partial charge on any atom is 0.316 e. The number of nitrogens with zero attached hydrogens (tertiary/aromatic N) is 2. The minimum Gasteiger partial charge on any atom is -0.459 e. The normalized spacial score (nSPS) is 10.5. The molecule has 0 aliphatic carbocycles. The van der Waals surface area contributed by atoms with Crippen molar-refractivity contribution in [3.05, 3.63) is 53.9 Å². The average Bonchev–Trinajstić information content (AvgIpc) is 2.38. The van der Waals surface area contributed by atoms with E-state index in [1.165, 1.54) is 0 Å². The molecule has 0 aliphatic heterocycles. The second-order valence-electron chi connectivity index (χ2n) is 4.19. The molecule has 0 fully saturated rings. The molecule has 1 heterocycles. The highest BCUT2D eigenvalue weighted by Gasteiger charge is 2.04. The smallest absolute Gasteiger partial charge is 0.316 e. The molecular formula is C14H16N2O. The number of hydrogen-bond acceptors (Lipinski definition) is 3. The molecule has 0 saturated heterocycles. The van der Waals surface area contributed by atoms with Crippen LogP contribution in [0.3, 0.4) is 0 Å². The van der Waals surface area contributed by atoms with Crippen molar-refractivity contribution in [2.75, 3.05) is 0 Å². The molecule has 0 aliphatic rings. The zero-order valence-electron chi connectivity index (χ0n) is 10.1. The van der Waals surface area contributed by atoms with Gasteiger partial charge in [-0.25, -0.2) is 4.98 Å². The van der Waals surface area contributed by atoms with Crippen molar-refractivity contribution >= 4 is 0 Å². The van der Waals surface area contributed by atoms with Gasteiger partial charge in [-0.1, -0.05) is 44.2 Å². The van der Waals surface area contributed by atoms with Gasteiger partial charge in [0.05, 0.1) is 5.69 Å². The molecule has 2 aromatic rings. The van der Waals surface area contributed by atoms with Crippen LogP contribution in [0.15, 0.2) is 42.6 Å². The van der Waals surface area contributed by atoms with Crippen LogP contribution in [0.25, 0.3) is 0 Å². The van der Waals surface area contributed by atoms with Crippen LogP contribution in [0.2, 0.25) is 0 Å². The molecule has 0 unspecified atom stereocenters. The van der Waals surface area contributed by atoms with E-state index in [1.807, 2.05) is 36.4 Å². The quantitative estimate of drug-likeness (QED) is 0.806. The number of aromatic nitrogens is 2. The first-order valence-corrected chi connectivity index (χ1v) is 5.75. The molecule has 3 heteroatoms. The molecule has 17 heavy (non-hydrogen) atoms. The van der Waals surface area contributed by atoms with Crippen LogP contribution in [0.1, 0.15) is 31.0 Å². The van der Waals surface area contributed by atoms with Crippen molar-refractivity contribution in [1.82, 2.24) is 9.97 Å². The second kappa shape index (κ2) is 5.43. The third kappa shape index (κ3) is 3.28. The van der Waals surface area contributed by atoms with E-state index in [4.69, 9.17) is 4.74 Å². The van der Waals surface area contributed by atoms with Crippen molar-refractivity contribution < 1.29 is 4.74 Å². The Hall–Kier alpha value is -1.90. The summed E-state index contributed by atoms with van der Waals surface area (Å²) >= 11 is 0. The SMILES string of the molecule is CC(C)c1ccnc(OCc2ccccc2)n1. The van der Waals surface area contributed by atoms with E-state index in [1.54, 1.807) is 6.20 Å². The maximum atomic E-state index is 5.56. The third-order valence-electron chi connectivity index (χ3n) is 2.46. The third-order valence-corrected chi connectivity index (χ3v) is 2.46. The van der Waals surface area contributed by atoms with Crippen molar-refractivity contribution in [2.24, 2.45) is 0 Å². The first-order chi connectivity index (χ1) is 8.25. The van der Waals surface area contributed by atoms with Gasteiger partial charge in [-0.3, -0.25) is 0 Å². The van der Waals surface area contributed by atoms with Gasteiger partial charge in [0.25, 0.3) is 0 Å². The number of rotatable bonds is 4. The van der Waals surface area contributed by atoms with E-state index in [0.717, 1.165) is 11.3 Å². The van der Waals surface area contributed by atoms with Gasteiger partial charge in [0.1, 0.15) is 6.61 Å². The summed E-state index contributed by atoms with van der Waals surface area (Å²) in [6, 6.07) is 12.4. The Kier molecular flexibility index (Phi) is 3.70. The van der Waals surface area contributed by atoms with Crippen LogP contribution < -0.4 is 4.74 Å². The summed E-state index contributed by atoms with van der Waals surface area (Å²) in [5, 5.41) is 0. The van der Waals surface area contributed by atoms with Crippen LogP contribution in [-0.2, 0) is 6.61 Å². The maximum absolute atomic E-state index is 5.56. The van der Waals surface area contributed by atoms with E-state index in [-0.39, 0.29) is 0 Å². The fraction of sp³-hybridized carbons (Fsp3) is 0.286. The number of hydrogen-bond donors (Lipinski definition) is 0. The molecule has 0 radical (unpaired) electrons. The molecule has 0 spiro atoms.